The lowest BCUT2D eigenvalue weighted by Crippen LogP contribution is -2.88. The van der Waals surface area contributed by atoms with E-state index in [9.17, 15) is 10.5 Å². The maximum Gasteiger partial charge on any atom is 0.277 e. The van der Waals surface area contributed by atoms with E-state index in [4.69, 9.17) is 19.9 Å². The highest BCUT2D eigenvalue weighted by Crippen LogP contribution is 2.80. The molecule has 7 nitrogen and oxygen atoms in total. The van der Waals surface area contributed by atoms with Crippen LogP contribution in [0, 0.1) is 33.5 Å². The van der Waals surface area contributed by atoms with Gasteiger partial charge in [-0.2, -0.15) is 10.5 Å². The number of benzene rings is 1. The second-order valence-corrected chi connectivity index (χ2v) is 7.51. The molecule has 1 aromatic carbocycles. The maximum absolute atomic E-state index is 10.1. The zero-order chi connectivity index (χ0) is 16.6. The van der Waals surface area contributed by atoms with Gasteiger partial charge in [-0.05, 0) is 17.7 Å². The van der Waals surface area contributed by atoms with Gasteiger partial charge < -0.3 is 14.2 Å². The minimum Gasteiger partial charge on any atom is -0.454 e. The molecule has 24 heavy (non-hydrogen) atoms. The molecule has 0 aromatic heterocycles. The van der Waals surface area contributed by atoms with Gasteiger partial charge in [0.2, 0.25) is 6.79 Å². The fourth-order valence-electron chi connectivity index (χ4n) is 4.41. The Kier molecular flexibility index (Phi) is 2.42. The number of hydrogen-bond donors (Lipinski definition) is 2. The topological polar surface area (TPSA) is 115 Å². The molecule has 4 atom stereocenters. The summed E-state index contributed by atoms with van der Waals surface area (Å²) in [7, 11) is 0. The summed E-state index contributed by atoms with van der Waals surface area (Å²) in [6, 6.07) is 10.2. The van der Waals surface area contributed by atoms with E-state index in [1.165, 1.54) is 11.8 Å². The van der Waals surface area contributed by atoms with Gasteiger partial charge in [0, 0.05) is 11.7 Å². The van der Waals surface area contributed by atoms with Crippen molar-refractivity contribution in [1.82, 2.24) is 0 Å². The molecule has 1 saturated carbocycles. The van der Waals surface area contributed by atoms with Crippen LogP contribution < -0.4 is 20.2 Å². The van der Waals surface area contributed by atoms with Crippen LogP contribution in [0.1, 0.15) is 11.5 Å². The van der Waals surface area contributed by atoms with Crippen LogP contribution in [0.15, 0.2) is 18.2 Å². The summed E-state index contributed by atoms with van der Waals surface area (Å²) in [5.41, 5.74) is 4.87. The standard InChI is InChI=1S/C16H12N4O3S/c17-6-14-12(9-1-2-10-11(5-9)22-8-21-10)15(14,7-18)16(20-13(14)19)23-3-4-24-16/h1-2,5,12H,3-4,8H2,(H2,19,20)/p+1/t12-,14-,15-,16-/m1/s1. The summed E-state index contributed by atoms with van der Waals surface area (Å²) in [6.07, 6.45) is 0. The molecule has 1 aliphatic carbocycles. The van der Waals surface area contributed by atoms with Crippen LogP contribution in [0.25, 0.3) is 0 Å². The van der Waals surface area contributed by atoms with Crippen molar-refractivity contribution in [2.75, 3.05) is 19.2 Å². The Morgan fingerprint density at radius 1 is 1.25 bits per heavy atom. The van der Waals surface area contributed by atoms with E-state index in [-0.39, 0.29) is 12.7 Å². The molecular formula is C16H13N4O3S+. The Balaban J connectivity index is 1.70. The molecule has 4 aliphatic rings. The van der Waals surface area contributed by atoms with E-state index in [0.717, 1.165) is 11.3 Å². The lowest BCUT2D eigenvalue weighted by molar-refractivity contribution is -0.583. The summed E-state index contributed by atoms with van der Waals surface area (Å²) in [5.74, 6) is 1.97. The highest BCUT2D eigenvalue weighted by Gasteiger charge is 2.96. The van der Waals surface area contributed by atoms with Gasteiger partial charge in [0.25, 0.3) is 10.9 Å². The summed E-state index contributed by atoms with van der Waals surface area (Å²) < 4.78 is 16.7. The highest BCUT2D eigenvalue weighted by atomic mass is 32.2. The first-order valence-corrected chi connectivity index (χ1v) is 8.55. The number of nitriles is 2. The van der Waals surface area contributed by atoms with Crippen LogP contribution in [-0.4, -0.2) is 30.0 Å². The van der Waals surface area contributed by atoms with Crippen LogP contribution in [0.5, 0.6) is 11.5 Å². The molecule has 3 N–H and O–H groups in total. The van der Waals surface area contributed by atoms with Gasteiger partial charge >= 0.3 is 0 Å². The fraction of sp³-hybridized carbons (Fsp3) is 0.438. The number of amidine groups is 1. The first kappa shape index (κ1) is 14.0. The van der Waals surface area contributed by atoms with Crippen molar-refractivity contribution < 1.29 is 19.2 Å². The number of fused-ring (bicyclic) bond motifs is 3. The number of nitrogens with zero attached hydrogens (tertiary/aromatic N) is 2. The van der Waals surface area contributed by atoms with Crippen molar-refractivity contribution in [2.45, 2.75) is 11.0 Å². The molecule has 0 amide bonds. The molecule has 2 fully saturated rings. The Labute approximate surface area is 142 Å². The normalized spacial score (nSPS) is 40.8. The molecule has 3 heterocycles. The largest absolute Gasteiger partial charge is 0.454 e. The van der Waals surface area contributed by atoms with E-state index in [1.54, 1.807) is 6.07 Å². The second kappa shape index (κ2) is 4.15. The van der Waals surface area contributed by atoms with Crippen molar-refractivity contribution in [1.29, 1.82) is 10.5 Å². The van der Waals surface area contributed by atoms with Crippen LogP contribution in [-0.2, 0) is 4.74 Å². The first-order valence-electron chi connectivity index (χ1n) is 7.56. The number of rotatable bonds is 1. The number of nitrogens with two attached hydrogens (primary N) is 1. The van der Waals surface area contributed by atoms with Crippen LogP contribution in [0.3, 0.4) is 0 Å². The minimum atomic E-state index is -1.10. The van der Waals surface area contributed by atoms with E-state index < -0.39 is 15.9 Å². The monoisotopic (exact) mass is 341 g/mol. The number of ether oxygens (including phenoxy) is 3. The first-order chi connectivity index (χ1) is 11.6. The maximum atomic E-state index is 10.1. The smallest absolute Gasteiger partial charge is 0.277 e. The van der Waals surface area contributed by atoms with Gasteiger partial charge in [-0.1, -0.05) is 17.8 Å². The Hall–Kier alpha value is -2.42. The minimum absolute atomic E-state index is 0.176. The fourth-order valence-corrected chi connectivity index (χ4v) is 5.77. The summed E-state index contributed by atoms with van der Waals surface area (Å²) in [5, 5.41) is 19.0. The molecule has 120 valence electrons. The molecule has 3 aliphatic heterocycles. The van der Waals surface area contributed by atoms with E-state index in [0.29, 0.717) is 23.9 Å². The molecule has 0 bridgehead atoms. The van der Waals surface area contributed by atoms with E-state index in [1.807, 2.05) is 12.1 Å². The lowest BCUT2D eigenvalue weighted by Gasteiger charge is -2.23. The third-order valence-corrected chi connectivity index (χ3v) is 6.74. The molecule has 1 spiro atoms. The molecule has 1 aromatic rings. The van der Waals surface area contributed by atoms with Crippen molar-refractivity contribution in [3.05, 3.63) is 23.8 Å². The Bertz CT molecular complexity index is 882. The predicted octanol–water partition coefficient (Wildman–Crippen LogP) is -0.599. The third-order valence-electron chi connectivity index (χ3n) is 5.42. The van der Waals surface area contributed by atoms with Crippen LogP contribution in [0.2, 0.25) is 0 Å². The molecular weight excluding hydrogens is 328 g/mol. The van der Waals surface area contributed by atoms with Crippen molar-refractivity contribution in [2.24, 2.45) is 16.6 Å². The van der Waals surface area contributed by atoms with Gasteiger partial charge in [0.1, 0.15) is 0 Å². The molecule has 5 rings (SSSR count). The number of nitrogens with one attached hydrogen (secondary N) is 1. The summed E-state index contributed by atoms with van der Waals surface area (Å²) in [4.78, 5) is 3.10. The average Bonchev–Trinajstić information content (AvgIpc) is 2.99. The SMILES string of the molecule is N#C[C@@]12[C@H](c3ccc4c(c3)OCO4)[C@]1(C#N)C(N)=[NH+][C@@]21OCCS1. The Morgan fingerprint density at radius 3 is 2.79 bits per heavy atom. The number of thioether (sulfide) groups is 1. The predicted molar refractivity (Wildman–Crippen MR) is 82.7 cm³/mol. The van der Waals surface area contributed by atoms with Gasteiger partial charge in [-0.15, -0.1) is 0 Å². The summed E-state index contributed by atoms with van der Waals surface area (Å²) >= 11 is 1.50. The zero-order valence-corrected chi connectivity index (χ0v) is 13.4. The third kappa shape index (κ3) is 1.22. The van der Waals surface area contributed by atoms with Gasteiger partial charge in [0.15, 0.2) is 22.3 Å². The molecule has 1 saturated heterocycles. The number of hydrogen-bond acceptors (Lipinski definition) is 7. The quantitative estimate of drug-likeness (QED) is 0.701. The lowest BCUT2D eigenvalue weighted by atomic mass is 9.95. The average molecular weight is 341 g/mol. The van der Waals surface area contributed by atoms with Gasteiger partial charge in [-0.3, -0.25) is 5.73 Å². The summed E-state index contributed by atoms with van der Waals surface area (Å²) in [6.45, 7) is 0.693. The van der Waals surface area contributed by atoms with Crippen molar-refractivity contribution in [3.8, 4) is 23.6 Å². The van der Waals surface area contributed by atoms with Gasteiger partial charge in [-0.25, -0.2) is 4.99 Å². The van der Waals surface area contributed by atoms with Crippen molar-refractivity contribution >= 4 is 17.6 Å². The molecule has 8 heteroatoms. The highest BCUT2D eigenvalue weighted by molar-refractivity contribution is 8.00. The Morgan fingerprint density at radius 2 is 2.08 bits per heavy atom. The zero-order valence-electron chi connectivity index (χ0n) is 12.5. The van der Waals surface area contributed by atoms with E-state index in [2.05, 4.69) is 17.1 Å². The van der Waals surface area contributed by atoms with E-state index >= 15 is 0 Å². The second-order valence-electron chi connectivity index (χ2n) is 6.24. The van der Waals surface area contributed by atoms with Gasteiger partial charge in [0.05, 0.1) is 18.7 Å². The van der Waals surface area contributed by atoms with Crippen LogP contribution in [0.4, 0.5) is 0 Å². The van der Waals surface area contributed by atoms with Crippen LogP contribution >= 0.6 is 11.8 Å². The van der Waals surface area contributed by atoms with Crippen molar-refractivity contribution in [3.63, 3.8) is 0 Å². The molecule has 0 unspecified atom stereocenters. The molecule has 0 radical (unpaired) electrons.